The zero-order valence-electron chi connectivity index (χ0n) is 13.1. The van der Waals surface area contributed by atoms with Gasteiger partial charge < -0.3 is 9.84 Å². The SMILES string of the molecule is CCC(O)CCC1C(C)C(OC(C)=O)CCC1(C)C. The summed E-state index contributed by atoms with van der Waals surface area (Å²) < 4.78 is 5.46. The molecule has 1 rings (SSSR count). The summed E-state index contributed by atoms with van der Waals surface area (Å²) in [5.74, 6) is 0.701. The molecule has 0 amide bonds. The van der Waals surface area contributed by atoms with Crippen LogP contribution in [0.15, 0.2) is 0 Å². The van der Waals surface area contributed by atoms with Crippen LogP contribution in [0.2, 0.25) is 0 Å². The molecule has 1 saturated carbocycles. The molecule has 112 valence electrons. The standard InChI is InChI=1S/C16H30O3/c1-6-13(18)7-8-14-11(2)15(19-12(3)17)9-10-16(14,4)5/h11,13-15,18H,6-10H2,1-5H3. The summed E-state index contributed by atoms with van der Waals surface area (Å²) in [7, 11) is 0. The fourth-order valence-electron chi connectivity index (χ4n) is 3.54. The van der Waals surface area contributed by atoms with Gasteiger partial charge in [0.05, 0.1) is 6.10 Å². The highest BCUT2D eigenvalue weighted by Gasteiger charge is 2.42. The minimum atomic E-state index is -0.197. The first-order chi connectivity index (χ1) is 8.77. The van der Waals surface area contributed by atoms with Gasteiger partial charge in [0.25, 0.3) is 0 Å². The van der Waals surface area contributed by atoms with Crippen molar-refractivity contribution in [2.75, 3.05) is 0 Å². The van der Waals surface area contributed by atoms with E-state index in [0.717, 1.165) is 32.1 Å². The van der Waals surface area contributed by atoms with Gasteiger partial charge in [-0.25, -0.2) is 0 Å². The molecule has 0 saturated heterocycles. The van der Waals surface area contributed by atoms with Crippen molar-refractivity contribution in [3.63, 3.8) is 0 Å². The van der Waals surface area contributed by atoms with E-state index in [1.54, 1.807) is 0 Å². The van der Waals surface area contributed by atoms with E-state index in [0.29, 0.717) is 11.8 Å². The number of aliphatic hydroxyl groups excluding tert-OH is 1. The molecule has 3 nitrogen and oxygen atoms in total. The highest BCUT2D eigenvalue weighted by molar-refractivity contribution is 5.66. The lowest BCUT2D eigenvalue weighted by Gasteiger charge is -2.46. The Morgan fingerprint density at radius 2 is 2.11 bits per heavy atom. The Labute approximate surface area is 117 Å². The lowest BCUT2D eigenvalue weighted by molar-refractivity contribution is -0.155. The molecule has 0 bridgehead atoms. The maximum atomic E-state index is 11.2. The Morgan fingerprint density at radius 3 is 2.63 bits per heavy atom. The molecule has 1 aliphatic rings. The summed E-state index contributed by atoms with van der Waals surface area (Å²) in [6.07, 6.45) is 4.58. The third kappa shape index (κ3) is 4.48. The molecule has 4 atom stereocenters. The molecule has 0 heterocycles. The van der Waals surface area contributed by atoms with Crippen molar-refractivity contribution in [3.8, 4) is 0 Å². The Hall–Kier alpha value is -0.570. The van der Waals surface area contributed by atoms with Crippen LogP contribution in [-0.4, -0.2) is 23.3 Å². The molecule has 0 spiro atoms. The molecular formula is C16H30O3. The van der Waals surface area contributed by atoms with Gasteiger partial charge in [-0.3, -0.25) is 4.79 Å². The van der Waals surface area contributed by atoms with Gasteiger partial charge in [0.15, 0.2) is 0 Å². The quantitative estimate of drug-likeness (QED) is 0.777. The van der Waals surface area contributed by atoms with Crippen LogP contribution >= 0.6 is 0 Å². The molecule has 0 aromatic heterocycles. The summed E-state index contributed by atoms with van der Waals surface area (Å²) in [6, 6.07) is 0. The lowest BCUT2D eigenvalue weighted by atomic mass is 9.61. The highest BCUT2D eigenvalue weighted by Crippen LogP contribution is 2.47. The molecule has 0 radical (unpaired) electrons. The maximum Gasteiger partial charge on any atom is 0.302 e. The van der Waals surface area contributed by atoms with Crippen LogP contribution < -0.4 is 0 Å². The number of hydrogen-bond acceptors (Lipinski definition) is 3. The Bertz CT molecular complexity index is 298. The second-order valence-electron chi connectivity index (χ2n) is 6.78. The zero-order valence-corrected chi connectivity index (χ0v) is 13.1. The molecule has 0 aromatic rings. The van der Waals surface area contributed by atoms with Gasteiger partial charge in [-0.15, -0.1) is 0 Å². The van der Waals surface area contributed by atoms with Crippen molar-refractivity contribution in [2.24, 2.45) is 17.3 Å². The lowest BCUT2D eigenvalue weighted by Crippen LogP contribution is -2.43. The van der Waals surface area contributed by atoms with Gasteiger partial charge in [0, 0.05) is 6.92 Å². The van der Waals surface area contributed by atoms with Crippen LogP contribution in [0, 0.1) is 17.3 Å². The van der Waals surface area contributed by atoms with Crippen molar-refractivity contribution in [1.82, 2.24) is 0 Å². The average molecular weight is 270 g/mol. The van der Waals surface area contributed by atoms with Crippen molar-refractivity contribution >= 4 is 5.97 Å². The molecule has 1 N–H and O–H groups in total. The normalized spacial score (nSPS) is 31.8. The first-order valence-electron chi connectivity index (χ1n) is 7.63. The molecule has 1 fully saturated rings. The van der Waals surface area contributed by atoms with E-state index in [4.69, 9.17) is 4.74 Å². The average Bonchev–Trinajstić information content (AvgIpc) is 2.31. The van der Waals surface area contributed by atoms with Crippen molar-refractivity contribution < 1.29 is 14.6 Å². The van der Waals surface area contributed by atoms with Crippen molar-refractivity contribution in [3.05, 3.63) is 0 Å². The van der Waals surface area contributed by atoms with E-state index in [1.165, 1.54) is 6.92 Å². The second kappa shape index (κ2) is 6.74. The fourth-order valence-corrected chi connectivity index (χ4v) is 3.54. The summed E-state index contributed by atoms with van der Waals surface area (Å²) in [5.41, 5.74) is 0.267. The number of rotatable bonds is 5. The largest absolute Gasteiger partial charge is 0.462 e. The van der Waals surface area contributed by atoms with Gasteiger partial charge in [-0.1, -0.05) is 27.7 Å². The number of carbonyl (C=O) groups is 1. The van der Waals surface area contributed by atoms with Gasteiger partial charge in [0.1, 0.15) is 6.10 Å². The summed E-state index contributed by atoms with van der Waals surface area (Å²) in [5, 5.41) is 9.77. The van der Waals surface area contributed by atoms with E-state index in [-0.39, 0.29) is 23.6 Å². The number of esters is 1. The van der Waals surface area contributed by atoms with Crippen LogP contribution in [-0.2, 0) is 9.53 Å². The zero-order chi connectivity index (χ0) is 14.6. The van der Waals surface area contributed by atoms with Crippen LogP contribution in [0.3, 0.4) is 0 Å². The van der Waals surface area contributed by atoms with Crippen molar-refractivity contribution in [1.29, 1.82) is 0 Å². The summed E-state index contributed by atoms with van der Waals surface area (Å²) in [6.45, 7) is 10.3. The van der Waals surface area contributed by atoms with E-state index in [9.17, 15) is 9.90 Å². The fraction of sp³-hybridized carbons (Fsp3) is 0.938. The highest BCUT2D eigenvalue weighted by atomic mass is 16.5. The molecule has 1 aliphatic carbocycles. The molecular weight excluding hydrogens is 240 g/mol. The third-order valence-electron chi connectivity index (χ3n) is 4.90. The Kier molecular flexibility index (Phi) is 5.84. The maximum absolute atomic E-state index is 11.2. The second-order valence-corrected chi connectivity index (χ2v) is 6.78. The third-order valence-corrected chi connectivity index (χ3v) is 4.90. The van der Waals surface area contributed by atoms with E-state index in [1.807, 2.05) is 6.92 Å². The van der Waals surface area contributed by atoms with Gasteiger partial charge >= 0.3 is 5.97 Å². The molecule has 4 unspecified atom stereocenters. The van der Waals surface area contributed by atoms with Gasteiger partial charge in [-0.2, -0.15) is 0 Å². The van der Waals surface area contributed by atoms with Gasteiger partial charge in [0.2, 0.25) is 0 Å². The van der Waals surface area contributed by atoms with Crippen LogP contribution in [0.25, 0.3) is 0 Å². The monoisotopic (exact) mass is 270 g/mol. The van der Waals surface area contributed by atoms with Crippen LogP contribution in [0.4, 0.5) is 0 Å². The molecule has 19 heavy (non-hydrogen) atoms. The Balaban J connectivity index is 2.68. The van der Waals surface area contributed by atoms with E-state index < -0.39 is 0 Å². The smallest absolute Gasteiger partial charge is 0.302 e. The predicted octanol–water partition coefficient (Wildman–Crippen LogP) is 3.54. The number of hydrogen-bond donors (Lipinski definition) is 1. The topological polar surface area (TPSA) is 46.5 Å². The molecule has 3 heteroatoms. The van der Waals surface area contributed by atoms with E-state index in [2.05, 4.69) is 20.8 Å². The van der Waals surface area contributed by atoms with Crippen LogP contribution in [0.1, 0.15) is 66.7 Å². The molecule has 0 aromatic carbocycles. The summed E-state index contributed by atoms with van der Waals surface area (Å²) >= 11 is 0. The van der Waals surface area contributed by atoms with Gasteiger partial charge in [-0.05, 0) is 49.4 Å². The van der Waals surface area contributed by atoms with Crippen LogP contribution in [0.5, 0.6) is 0 Å². The summed E-state index contributed by atoms with van der Waals surface area (Å²) in [4.78, 5) is 11.2. The molecule has 0 aliphatic heterocycles. The minimum Gasteiger partial charge on any atom is -0.462 e. The van der Waals surface area contributed by atoms with Crippen molar-refractivity contribution in [2.45, 2.75) is 78.9 Å². The minimum absolute atomic E-state index is 0.0503. The number of carbonyl (C=O) groups excluding carboxylic acids is 1. The predicted molar refractivity (Wildman–Crippen MR) is 76.8 cm³/mol. The number of aliphatic hydroxyl groups is 1. The van der Waals surface area contributed by atoms with E-state index >= 15 is 0 Å². The first-order valence-corrected chi connectivity index (χ1v) is 7.63. The number of ether oxygens (including phenoxy) is 1. The Morgan fingerprint density at radius 1 is 1.47 bits per heavy atom. The first kappa shape index (κ1) is 16.5.